The van der Waals surface area contributed by atoms with E-state index in [-0.39, 0.29) is 12.5 Å². The van der Waals surface area contributed by atoms with Gasteiger partial charge in [0.25, 0.3) is 0 Å². The Bertz CT molecular complexity index is 897. The smallest absolute Gasteiger partial charge is 0.220 e. The molecule has 0 heterocycles. The van der Waals surface area contributed by atoms with Crippen molar-refractivity contribution < 1.29 is 15.0 Å². The first-order valence-corrected chi connectivity index (χ1v) is 26.7. The molecule has 0 aromatic carbocycles. The lowest BCUT2D eigenvalue weighted by atomic mass is 10.0. The van der Waals surface area contributed by atoms with Crippen molar-refractivity contribution in [3.63, 3.8) is 0 Å². The maximum absolute atomic E-state index is 12.4. The zero-order valence-corrected chi connectivity index (χ0v) is 40.0. The highest BCUT2D eigenvalue weighted by Gasteiger charge is 2.17. The van der Waals surface area contributed by atoms with E-state index in [1.807, 2.05) is 6.08 Å². The number of carbonyl (C=O) groups is 1. The van der Waals surface area contributed by atoms with Gasteiger partial charge in [-0.2, -0.15) is 0 Å². The van der Waals surface area contributed by atoms with E-state index in [1.54, 1.807) is 6.08 Å². The number of carbonyl (C=O) groups excluding carboxylic acids is 1. The number of hydrogen-bond acceptors (Lipinski definition) is 3. The largest absolute Gasteiger partial charge is 0.394 e. The Kier molecular flexibility index (Phi) is 49.8. The Balaban J connectivity index is 3.49. The lowest BCUT2D eigenvalue weighted by Gasteiger charge is -2.19. The van der Waals surface area contributed by atoms with Crippen molar-refractivity contribution in [3.8, 4) is 0 Å². The molecule has 0 saturated heterocycles. The van der Waals surface area contributed by atoms with Crippen molar-refractivity contribution in [2.24, 2.45) is 0 Å². The quantitative estimate of drug-likeness (QED) is 0.0423. The predicted octanol–water partition coefficient (Wildman–Crippen LogP) is 17.3. The van der Waals surface area contributed by atoms with Gasteiger partial charge in [-0.15, -0.1) is 0 Å². The van der Waals surface area contributed by atoms with Gasteiger partial charge in [0.05, 0.1) is 18.8 Å². The summed E-state index contributed by atoms with van der Waals surface area (Å²) >= 11 is 0. The Hall–Kier alpha value is -1.39. The summed E-state index contributed by atoms with van der Waals surface area (Å²) < 4.78 is 0. The summed E-state index contributed by atoms with van der Waals surface area (Å²) in [6, 6.07) is -0.637. The molecule has 348 valence electrons. The zero-order chi connectivity index (χ0) is 42.8. The normalized spacial score (nSPS) is 13.1. The van der Waals surface area contributed by atoms with Crippen LogP contribution in [0.25, 0.3) is 0 Å². The minimum Gasteiger partial charge on any atom is -0.394 e. The molecule has 0 bridgehead atoms. The highest BCUT2D eigenvalue weighted by molar-refractivity contribution is 5.76. The number of nitrogens with one attached hydrogen (secondary N) is 1. The van der Waals surface area contributed by atoms with E-state index < -0.39 is 12.1 Å². The highest BCUT2D eigenvalue weighted by atomic mass is 16.3. The molecule has 0 aromatic heterocycles. The lowest BCUT2D eigenvalue weighted by molar-refractivity contribution is -0.123. The van der Waals surface area contributed by atoms with E-state index in [1.165, 1.54) is 238 Å². The molecule has 2 unspecified atom stereocenters. The number of rotatable bonds is 49. The van der Waals surface area contributed by atoms with Gasteiger partial charge in [0.2, 0.25) is 5.91 Å². The molecular weight excluding hydrogens is 723 g/mol. The average Bonchev–Trinajstić information content (AvgIpc) is 3.24. The molecule has 59 heavy (non-hydrogen) atoms. The summed E-state index contributed by atoms with van der Waals surface area (Å²) in [6.07, 6.45) is 68.7. The van der Waals surface area contributed by atoms with Crippen molar-refractivity contribution >= 4 is 5.91 Å². The Morgan fingerprint density at radius 3 is 0.983 bits per heavy atom. The molecule has 0 fully saturated rings. The monoisotopic (exact) mass is 828 g/mol. The van der Waals surface area contributed by atoms with Crippen LogP contribution >= 0.6 is 0 Å². The fourth-order valence-electron chi connectivity index (χ4n) is 8.25. The van der Waals surface area contributed by atoms with Crippen LogP contribution < -0.4 is 5.32 Å². The standard InChI is InChI=1S/C55H105NO3/c1-3-5-7-9-11-13-15-17-19-21-23-24-25-26-27-28-29-30-31-32-33-35-37-39-41-43-45-47-49-51-55(59)56-53(52-57)54(58)50-48-46-44-42-40-38-36-34-22-20-18-16-14-12-10-8-6-4-2/h21,23,40,42,48,50,53-54,57-58H,3-20,22,24-39,41,43-47,49,51-52H2,1-2H3,(H,56,59)/b23-21-,42-40+,50-48+. The summed E-state index contributed by atoms with van der Waals surface area (Å²) in [5.74, 6) is -0.0695. The summed E-state index contributed by atoms with van der Waals surface area (Å²) in [5.41, 5.74) is 0. The summed E-state index contributed by atoms with van der Waals surface area (Å²) in [7, 11) is 0. The van der Waals surface area contributed by atoms with Crippen molar-refractivity contribution in [3.05, 3.63) is 36.5 Å². The van der Waals surface area contributed by atoms with E-state index in [0.717, 1.165) is 32.1 Å². The SMILES string of the molecule is CCCCCCCCCC/C=C\CCCCCCCCCCCCCCCCCCCC(=O)NC(CO)C(O)/C=C/CC/C=C/CCCCCCCCCCCCCC. The topological polar surface area (TPSA) is 69.6 Å². The third-order valence-electron chi connectivity index (χ3n) is 12.3. The molecule has 0 saturated carbocycles. The Morgan fingerprint density at radius 1 is 0.390 bits per heavy atom. The molecule has 0 rings (SSSR count). The van der Waals surface area contributed by atoms with Crippen LogP contribution in [0.5, 0.6) is 0 Å². The highest BCUT2D eigenvalue weighted by Crippen LogP contribution is 2.16. The zero-order valence-electron chi connectivity index (χ0n) is 40.0. The van der Waals surface area contributed by atoms with Crippen LogP contribution in [0.1, 0.15) is 290 Å². The van der Waals surface area contributed by atoms with Gasteiger partial charge >= 0.3 is 0 Å². The molecule has 2 atom stereocenters. The van der Waals surface area contributed by atoms with Crippen molar-refractivity contribution in [1.82, 2.24) is 5.32 Å². The molecule has 0 radical (unpaired) electrons. The number of allylic oxidation sites excluding steroid dienone is 5. The second-order valence-corrected chi connectivity index (χ2v) is 18.3. The number of unbranched alkanes of at least 4 members (excludes halogenated alkanes) is 38. The van der Waals surface area contributed by atoms with Gasteiger partial charge in [0.15, 0.2) is 0 Å². The number of aliphatic hydroxyl groups is 2. The van der Waals surface area contributed by atoms with E-state index in [9.17, 15) is 15.0 Å². The summed E-state index contributed by atoms with van der Waals surface area (Å²) in [4.78, 5) is 12.4. The fraction of sp³-hybridized carbons (Fsp3) is 0.873. The van der Waals surface area contributed by atoms with Crippen molar-refractivity contribution in [1.29, 1.82) is 0 Å². The van der Waals surface area contributed by atoms with Crippen LogP contribution in [0.4, 0.5) is 0 Å². The first-order chi connectivity index (χ1) is 29.2. The van der Waals surface area contributed by atoms with Crippen LogP contribution in [0.3, 0.4) is 0 Å². The number of hydrogen-bond donors (Lipinski definition) is 3. The van der Waals surface area contributed by atoms with Gasteiger partial charge in [0.1, 0.15) is 0 Å². The third-order valence-corrected chi connectivity index (χ3v) is 12.3. The Morgan fingerprint density at radius 2 is 0.661 bits per heavy atom. The molecule has 0 spiro atoms. The maximum atomic E-state index is 12.4. The number of aliphatic hydroxyl groups excluding tert-OH is 2. The van der Waals surface area contributed by atoms with Crippen LogP contribution in [-0.4, -0.2) is 34.9 Å². The van der Waals surface area contributed by atoms with E-state index in [0.29, 0.717) is 6.42 Å². The van der Waals surface area contributed by atoms with Gasteiger partial charge in [-0.3, -0.25) is 4.79 Å². The first-order valence-electron chi connectivity index (χ1n) is 26.7. The van der Waals surface area contributed by atoms with Crippen LogP contribution in [0.2, 0.25) is 0 Å². The molecule has 3 N–H and O–H groups in total. The third kappa shape index (κ3) is 47.5. The second kappa shape index (κ2) is 51.0. The molecule has 0 aliphatic heterocycles. The molecule has 4 nitrogen and oxygen atoms in total. The van der Waals surface area contributed by atoms with Crippen LogP contribution in [0.15, 0.2) is 36.5 Å². The number of amides is 1. The van der Waals surface area contributed by atoms with E-state index >= 15 is 0 Å². The first kappa shape index (κ1) is 57.6. The predicted molar refractivity (Wildman–Crippen MR) is 262 cm³/mol. The molecule has 0 aliphatic carbocycles. The van der Waals surface area contributed by atoms with Crippen molar-refractivity contribution in [2.75, 3.05) is 6.61 Å². The second-order valence-electron chi connectivity index (χ2n) is 18.3. The maximum Gasteiger partial charge on any atom is 0.220 e. The lowest BCUT2D eigenvalue weighted by Crippen LogP contribution is -2.45. The van der Waals surface area contributed by atoms with Crippen molar-refractivity contribution in [2.45, 2.75) is 302 Å². The average molecular weight is 828 g/mol. The van der Waals surface area contributed by atoms with Gasteiger partial charge in [0, 0.05) is 6.42 Å². The van der Waals surface area contributed by atoms with E-state index in [2.05, 4.69) is 43.5 Å². The van der Waals surface area contributed by atoms with Crippen LogP contribution in [-0.2, 0) is 4.79 Å². The molecule has 0 aliphatic rings. The van der Waals surface area contributed by atoms with Crippen LogP contribution in [0, 0.1) is 0 Å². The van der Waals surface area contributed by atoms with E-state index in [4.69, 9.17) is 0 Å². The molecule has 1 amide bonds. The fourth-order valence-corrected chi connectivity index (χ4v) is 8.25. The molecular formula is C55H105NO3. The molecule has 0 aromatic rings. The van der Waals surface area contributed by atoms with Gasteiger partial charge in [-0.25, -0.2) is 0 Å². The Labute approximate surface area is 370 Å². The minimum atomic E-state index is -0.860. The summed E-state index contributed by atoms with van der Waals surface area (Å²) in [6.45, 7) is 4.32. The van der Waals surface area contributed by atoms with Gasteiger partial charge in [-0.1, -0.05) is 262 Å². The van der Waals surface area contributed by atoms with Gasteiger partial charge in [-0.05, 0) is 57.8 Å². The van der Waals surface area contributed by atoms with Gasteiger partial charge < -0.3 is 15.5 Å². The minimum absolute atomic E-state index is 0.0695. The summed E-state index contributed by atoms with van der Waals surface area (Å²) in [5, 5.41) is 23.1. The molecule has 4 heteroatoms.